The van der Waals surface area contributed by atoms with Gasteiger partial charge in [0.25, 0.3) is 5.91 Å². The molecule has 2 aliphatic heterocycles. The SMILES string of the molecule is CC1CNCCC1NC(=O)C1CCCN1C(=O)c1cc(Cl)ccc1Cl. The smallest absolute Gasteiger partial charge is 0.256 e. The summed E-state index contributed by atoms with van der Waals surface area (Å²) in [4.78, 5) is 27.3. The fourth-order valence-corrected chi connectivity index (χ4v) is 3.98. The molecule has 0 aliphatic carbocycles. The Balaban J connectivity index is 1.72. The van der Waals surface area contributed by atoms with Gasteiger partial charge in [0.05, 0.1) is 10.6 Å². The quantitative estimate of drug-likeness (QED) is 0.843. The molecular formula is C18H23Cl2N3O2. The van der Waals surface area contributed by atoms with Crippen LogP contribution < -0.4 is 10.6 Å². The second kappa shape index (κ2) is 7.94. The number of piperidine rings is 1. The summed E-state index contributed by atoms with van der Waals surface area (Å²) in [5, 5.41) is 7.27. The van der Waals surface area contributed by atoms with Crippen LogP contribution in [0.3, 0.4) is 0 Å². The topological polar surface area (TPSA) is 61.4 Å². The molecule has 136 valence electrons. The Bertz CT molecular complexity index is 668. The van der Waals surface area contributed by atoms with E-state index in [0.717, 1.165) is 25.9 Å². The summed E-state index contributed by atoms with van der Waals surface area (Å²) in [6.45, 7) is 4.49. The Morgan fingerprint density at radius 3 is 2.84 bits per heavy atom. The Kier molecular flexibility index (Phi) is 5.87. The van der Waals surface area contributed by atoms with Crippen molar-refractivity contribution in [3.05, 3.63) is 33.8 Å². The first-order valence-electron chi connectivity index (χ1n) is 8.74. The Hall–Kier alpha value is -1.30. The van der Waals surface area contributed by atoms with Crippen LogP contribution in [0, 0.1) is 5.92 Å². The zero-order chi connectivity index (χ0) is 18.0. The summed E-state index contributed by atoms with van der Waals surface area (Å²) < 4.78 is 0. The minimum Gasteiger partial charge on any atom is -0.351 e. The number of benzene rings is 1. The van der Waals surface area contributed by atoms with Crippen molar-refractivity contribution in [3.8, 4) is 0 Å². The first kappa shape index (κ1) is 18.5. The summed E-state index contributed by atoms with van der Waals surface area (Å²) >= 11 is 12.2. The van der Waals surface area contributed by atoms with Crippen molar-refractivity contribution in [3.63, 3.8) is 0 Å². The van der Waals surface area contributed by atoms with Gasteiger partial charge in [-0.2, -0.15) is 0 Å². The highest BCUT2D eigenvalue weighted by atomic mass is 35.5. The molecule has 5 nitrogen and oxygen atoms in total. The fraction of sp³-hybridized carbons (Fsp3) is 0.556. The van der Waals surface area contributed by atoms with Crippen LogP contribution in [0.15, 0.2) is 18.2 Å². The Labute approximate surface area is 158 Å². The number of carbonyl (C=O) groups excluding carboxylic acids is 2. The van der Waals surface area contributed by atoms with E-state index in [-0.39, 0.29) is 17.9 Å². The van der Waals surface area contributed by atoms with Gasteiger partial charge < -0.3 is 15.5 Å². The monoisotopic (exact) mass is 383 g/mol. The van der Waals surface area contributed by atoms with Gasteiger partial charge in [0.2, 0.25) is 5.91 Å². The molecule has 2 fully saturated rings. The van der Waals surface area contributed by atoms with Gasteiger partial charge in [-0.3, -0.25) is 9.59 Å². The normalized spacial score (nSPS) is 26.5. The van der Waals surface area contributed by atoms with Crippen LogP contribution in [-0.4, -0.2) is 48.4 Å². The van der Waals surface area contributed by atoms with Gasteiger partial charge in [-0.15, -0.1) is 0 Å². The van der Waals surface area contributed by atoms with Crippen molar-refractivity contribution >= 4 is 35.0 Å². The highest BCUT2D eigenvalue weighted by molar-refractivity contribution is 6.35. The number of likely N-dealkylation sites (tertiary alicyclic amines) is 1. The van der Waals surface area contributed by atoms with Gasteiger partial charge in [-0.05, 0) is 56.5 Å². The molecule has 7 heteroatoms. The van der Waals surface area contributed by atoms with E-state index in [9.17, 15) is 9.59 Å². The largest absolute Gasteiger partial charge is 0.351 e. The van der Waals surface area contributed by atoms with Gasteiger partial charge in [0.15, 0.2) is 0 Å². The highest BCUT2D eigenvalue weighted by Crippen LogP contribution is 2.26. The molecule has 3 unspecified atom stereocenters. The standard InChI is InChI=1S/C18H23Cl2N3O2/c1-11-10-21-7-6-15(11)22-17(24)16-3-2-8-23(16)18(25)13-9-12(19)4-5-14(13)20/h4-5,9,11,15-16,21H,2-3,6-8,10H2,1H3,(H,22,24). The molecule has 1 aromatic rings. The summed E-state index contributed by atoms with van der Waals surface area (Å²) in [6.07, 6.45) is 2.40. The molecule has 0 saturated carbocycles. The predicted octanol–water partition coefficient (Wildman–Crippen LogP) is 2.71. The molecule has 2 saturated heterocycles. The number of rotatable bonds is 3. The van der Waals surface area contributed by atoms with Crippen molar-refractivity contribution in [2.75, 3.05) is 19.6 Å². The van der Waals surface area contributed by atoms with Crippen molar-refractivity contribution in [2.45, 2.75) is 38.3 Å². The lowest BCUT2D eigenvalue weighted by atomic mass is 9.95. The summed E-state index contributed by atoms with van der Waals surface area (Å²) in [7, 11) is 0. The average molecular weight is 384 g/mol. The summed E-state index contributed by atoms with van der Waals surface area (Å²) in [5.41, 5.74) is 0.351. The zero-order valence-corrected chi connectivity index (χ0v) is 15.7. The zero-order valence-electron chi connectivity index (χ0n) is 14.2. The number of amides is 2. The van der Waals surface area contributed by atoms with Crippen LogP contribution in [0.5, 0.6) is 0 Å². The average Bonchev–Trinajstić information content (AvgIpc) is 3.08. The second-order valence-corrected chi connectivity index (χ2v) is 7.71. The minimum atomic E-state index is -0.440. The Morgan fingerprint density at radius 1 is 1.28 bits per heavy atom. The van der Waals surface area contributed by atoms with E-state index in [1.165, 1.54) is 0 Å². The Morgan fingerprint density at radius 2 is 2.08 bits per heavy atom. The van der Waals surface area contributed by atoms with Crippen LogP contribution >= 0.6 is 23.2 Å². The molecule has 3 atom stereocenters. The van der Waals surface area contributed by atoms with Gasteiger partial charge in [-0.25, -0.2) is 0 Å². The van der Waals surface area contributed by atoms with Gasteiger partial charge >= 0.3 is 0 Å². The molecule has 0 bridgehead atoms. The van der Waals surface area contributed by atoms with E-state index in [1.54, 1.807) is 23.1 Å². The van der Waals surface area contributed by atoms with Crippen LogP contribution in [0.2, 0.25) is 10.0 Å². The summed E-state index contributed by atoms with van der Waals surface area (Å²) in [6, 6.07) is 4.53. The highest BCUT2D eigenvalue weighted by Gasteiger charge is 2.36. The first-order valence-corrected chi connectivity index (χ1v) is 9.50. The number of carbonyl (C=O) groups is 2. The lowest BCUT2D eigenvalue weighted by molar-refractivity contribution is -0.126. The molecule has 0 spiro atoms. The van der Waals surface area contributed by atoms with Crippen molar-refractivity contribution in [2.24, 2.45) is 5.92 Å². The molecule has 2 amide bonds. The van der Waals surface area contributed by atoms with Gasteiger partial charge in [-0.1, -0.05) is 30.1 Å². The maximum atomic E-state index is 12.9. The molecule has 2 N–H and O–H groups in total. The maximum Gasteiger partial charge on any atom is 0.256 e. The first-order chi connectivity index (χ1) is 12.0. The summed E-state index contributed by atoms with van der Waals surface area (Å²) in [5.74, 6) is 0.0805. The van der Waals surface area contributed by atoms with Crippen molar-refractivity contribution in [1.82, 2.24) is 15.5 Å². The lowest BCUT2D eigenvalue weighted by Gasteiger charge is -2.32. The van der Waals surface area contributed by atoms with E-state index in [0.29, 0.717) is 34.5 Å². The third kappa shape index (κ3) is 4.10. The fourth-order valence-electron chi connectivity index (χ4n) is 3.61. The van der Waals surface area contributed by atoms with E-state index >= 15 is 0 Å². The second-order valence-electron chi connectivity index (χ2n) is 6.87. The number of hydrogen-bond acceptors (Lipinski definition) is 3. The molecule has 3 rings (SSSR count). The van der Waals surface area contributed by atoms with Crippen molar-refractivity contribution < 1.29 is 9.59 Å². The maximum absolute atomic E-state index is 12.9. The number of halogens is 2. The molecule has 2 aliphatic rings. The molecule has 1 aromatic carbocycles. The van der Waals surface area contributed by atoms with Crippen molar-refractivity contribution in [1.29, 1.82) is 0 Å². The number of nitrogens with one attached hydrogen (secondary N) is 2. The number of hydrogen-bond donors (Lipinski definition) is 2. The molecule has 2 heterocycles. The molecular weight excluding hydrogens is 361 g/mol. The van der Waals surface area contributed by atoms with Crippen LogP contribution in [0.25, 0.3) is 0 Å². The third-order valence-electron chi connectivity index (χ3n) is 5.09. The minimum absolute atomic E-state index is 0.0669. The van der Waals surface area contributed by atoms with E-state index in [2.05, 4.69) is 17.6 Å². The van der Waals surface area contributed by atoms with Gasteiger partial charge in [0.1, 0.15) is 6.04 Å². The molecule has 25 heavy (non-hydrogen) atoms. The van der Waals surface area contributed by atoms with Crippen LogP contribution in [-0.2, 0) is 4.79 Å². The van der Waals surface area contributed by atoms with E-state index in [1.807, 2.05) is 0 Å². The van der Waals surface area contributed by atoms with Crippen LogP contribution in [0.1, 0.15) is 36.5 Å². The molecule has 0 aromatic heterocycles. The van der Waals surface area contributed by atoms with Gasteiger partial charge in [0, 0.05) is 17.6 Å². The van der Waals surface area contributed by atoms with E-state index < -0.39 is 6.04 Å². The lowest BCUT2D eigenvalue weighted by Crippen LogP contribution is -2.53. The van der Waals surface area contributed by atoms with Crippen LogP contribution in [0.4, 0.5) is 0 Å². The third-order valence-corrected chi connectivity index (χ3v) is 5.65. The number of nitrogens with zero attached hydrogens (tertiary/aromatic N) is 1. The predicted molar refractivity (Wildman–Crippen MR) is 99.1 cm³/mol. The van der Waals surface area contributed by atoms with E-state index in [4.69, 9.17) is 23.2 Å². The molecule has 0 radical (unpaired) electrons.